The summed E-state index contributed by atoms with van der Waals surface area (Å²) in [6.07, 6.45) is 4.79. The lowest BCUT2D eigenvalue weighted by atomic mass is 10.0. The normalized spacial score (nSPS) is 18.5. The summed E-state index contributed by atoms with van der Waals surface area (Å²) in [5.41, 5.74) is 6.94. The number of phosphoric ester groups is 1. The predicted octanol–water partition coefficient (Wildman–Crippen LogP) is -0.989. The van der Waals surface area contributed by atoms with Gasteiger partial charge in [-0.05, 0) is 37.7 Å². The maximum absolute atomic E-state index is 13.8. The van der Waals surface area contributed by atoms with Gasteiger partial charge in [0.2, 0.25) is 29.5 Å². The van der Waals surface area contributed by atoms with Crippen molar-refractivity contribution in [2.45, 2.75) is 102 Å². The Morgan fingerprint density at radius 1 is 1.05 bits per heavy atom. The second kappa shape index (κ2) is 22.1. The molecular formula is C35H54N9O11P. The number of aliphatic hydroxyl groups excluding tert-OH is 1. The number of carbonyl (C=O) groups is 5. The molecule has 21 heteroatoms. The number of phosphoric acid groups is 1. The first-order chi connectivity index (χ1) is 26.5. The maximum Gasteiger partial charge on any atom is 0.469 e. The van der Waals surface area contributed by atoms with Crippen LogP contribution in [0, 0.1) is 5.92 Å². The molecule has 2 aromatic rings. The average molecular weight is 808 g/mol. The number of H-pyrrole nitrogens is 1. The van der Waals surface area contributed by atoms with Gasteiger partial charge in [0, 0.05) is 50.5 Å². The molecule has 3 rings (SSSR count). The molecule has 0 aliphatic carbocycles. The Labute approximate surface area is 325 Å². The number of hydrogen-bond donors (Lipinski definition) is 9. The van der Waals surface area contributed by atoms with Crippen LogP contribution in [0.5, 0.6) is 0 Å². The largest absolute Gasteiger partial charge is 0.469 e. The Bertz CT molecular complexity index is 1660. The monoisotopic (exact) mass is 807 g/mol. The fourth-order valence-electron chi connectivity index (χ4n) is 6.14. The molecule has 10 N–H and O–H groups in total. The van der Waals surface area contributed by atoms with Gasteiger partial charge in [-0.1, -0.05) is 49.3 Å². The number of likely N-dealkylation sites (tertiary alicyclic amines) is 1. The summed E-state index contributed by atoms with van der Waals surface area (Å²) < 4.78 is 15.7. The van der Waals surface area contributed by atoms with Crippen molar-refractivity contribution in [2.24, 2.45) is 16.8 Å². The van der Waals surface area contributed by atoms with Crippen molar-refractivity contribution in [2.75, 3.05) is 19.7 Å². The standard InChI is InChI=1S/C35H54N9O11P/c1-21(2)13-28(38-17-26-15-27(18-44(26)23(4)46)54-40-12-8-11-24-9-6-5-7-10-24)33(48)41-29(14-25-16-37-20-39-25)34(49)42-30(19-45)35(50)43-31(32(36)47)22(3)55-56(51,52)53/h5-7,9-10,12,16,20-22,26-31,38,45H,8,11,13-15,17-19H2,1-4H3,(H2,36,47)(H,37,39)(H,41,48)(H,42,49)(H,43,50)(H2,51,52,53). The number of rotatable bonds is 23. The van der Waals surface area contributed by atoms with E-state index >= 15 is 0 Å². The van der Waals surface area contributed by atoms with Crippen molar-refractivity contribution in [1.82, 2.24) is 36.1 Å². The number of hydrogen-bond acceptors (Lipinski definition) is 12. The van der Waals surface area contributed by atoms with Gasteiger partial charge in [-0.3, -0.25) is 28.5 Å². The molecule has 1 aromatic heterocycles. The highest BCUT2D eigenvalue weighted by Gasteiger charge is 2.37. The fraction of sp³-hybridized carbons (Fsp3) is 0.571. The Morgan fingerprint density at radius 2 is 1.71 bits per heavy atom. The first-order valence-electron chi connectivity index (χ1n) is 18.2. The number of aliphatic hydroxyl groups is 1. The number of imidazole rings is 1. The number of benzene rings is 1. The Morgan fingerprint density at radius 3 is 2.30 bits per heavy atom. The van der Waals surface area contributed by atoms with E-state index < -0.39 is 68.3 Å². The summed E-state index contributed by atoms with van der Waals surface area (Å²) in [5, 5.41) is 24.6. The molecule has 2 heterocycles. The lowest BCUT2D eigenvalue weighted by Gasteiger charge is -2.28. The van der Waals surface area contributed by atoms with Crippen LogP contribution in [0.3, 0.4) is 0 Å². The van der Waals surface area contributed by atoms with Crippen LogP contribution < -0.4 is 27.0 Å². The number of aromatic nitrogens is 2. The number of nitrogens with zero attached hydrogens (tertiary/aromatic N) is 3. The van der Waals surface area contributed by atoms with Gasteiger partial charge in [0.05, 0.1) is 31.6 Å². The lowest BCUT2D eigenvalue weighted by molar-refractivity contribution is -0.135. The molecule has 1 aliphatic rings. The highest BCUT2D eigenvalue weighted by molar-refractivity contribution is 7.46. The van der Waals surface area contributed by atoms with Gasteiger partial charge in [0.1, 0.15) is 24.2 Å². The van der Waals surface area contributed by atoms with E-state index in [0.717, 1.165) is 13.3 Å². The van der Waals surface area contributed by atoms with Gasteiger partial charge in [-0.25, -0.2) is 9.55 Å². The molecular weight excluding hydrogens is 753 g/mol. The molecule has 1 aromatic carbocycles. The van der Waals surface area contributed by atoms with Crippen molar-refractivity contribution in [3.05, 3.63) is 54.1 Å². The Balaban J connectivity index is 1.67. The highest BCUT2D eigenvalue weighted by atomic mass is 31.2. The average Bonchev–Trinajstić information content (AvgIpc) is 3.80. The number of amides is 5. The molecule has 0 bridgehead atoms. The molecule has 1 fully saturated rings. The number of nitrogens with one attached hydrogen (secondary N) is 5. The third-order valence-electron chi connectivity index (χ3n) is 8.90. The maximum atomic E-state index is 13.8. The minimum absolute atomic E-state index is 0.0320. The highest BCUT2D eigenvalue weighted by Crippen LogP contribution is 2.38. The molecule has 0 saturated carbocycles. The van der Waals surface area contributed by atoms with Gasteiger partial charge in [-0.2, -0.15) is 0 Å². The number of aryl methyl sites for hydroxylation is 1. The van der Waals surface area contributed by atoms with E-state index in [4.69, 9.17) is 20.4 Å². The molecule has 7 atom stereocenters. The molecule has 20 nitrogen and oxygen atoms in total. The molecule has 56 heavy (non-hydrogen) atoms. The zero-order chi connectivity index (χ0) is 41.4. The second-order valence-electron chi connectivity index (χ2n) is 14.0. The third-order valence-corrected chi connectivity index (χ3v) is 9.51. The van der Waals surface area contributed by atoms with Gasteiger partial charge in [0.25, 0.3) is 0 Å². The third kappa shape index (κ3) is 15.4. The van der Waals surface area contributed by atoms with E-state index in [-0.39, 0.29) is 36.9 Å². The topological polar surface area (TPSA) is 300 Å². The molecule has 0 radical (unpaired) electrons. The van der Waals surface area contributed by atoms with Crippen LogP contribution in [0.4, 0.5) is 0 Å². The van der Waals surface area contributed by atoms with Gasteiger partial charge in [0.15, 0.2) is 0 Å². The van der Waals surface area contributed by atoms with Crippen molar-refractivity contribution < 1.29 is 52.8 Å². The van der Waals surface area contributed by atoms with E-state index in [0.29, 0.717) is 31.5 Å². The zero-order valence-electron chi connectivity index (χ0n) is 31.9. The van der Waals surface area contributed by atoms with Crippen LogP contribution in [0.25, 0.3) is 0 Å². The summed E-state index contributed by atoms with van der Waals surface area (Å²) in [7, 11) is -5.08. The number of primary amides is 1. The summed E-state index contributed by atoms with van der Waals surface area (Å²) >= 11 is 0. The van der Waals surface area contributed by atoms with E-state index in [1.807, 2.05) is 44.2 Å². The van der Waals surface area contributed by atoms with E-state index in [2.05, 4.69) is 40.9 Å². The van der Waals surface area contributed by atoms with Crippen LogP contribution in [-0.2, 0) is 50.7 Å². The quantitative estimate of drug-likeness (QED) is 0.0371. The minimum atomic E-state index is -5.08. The minimum Gasteiger partial charge on any atom is -0.394 e. The Kier molecular flexibility index (Phi) is 18.0. The molecule has 310 valence electrons. The first-order valence-corrected chi connectivity index (χ1v) is 19.7. The van der Waals surface area contributed by atoms with Crippen LogP contribution >= 0.6 is 7.82 Å². The van der Waals surface area contributed by atoms with Crippen molar-refractivity contribution in [1.29, 1.82) is 0 Å². The number of aromatic amines is 1. The molecule has 1 saturated heterocycles. The zero-order valence-corrected chi connectivity index (χ0v) is 32.8. The van der Waals surface area contributed by atoms with Crippen LogP contribution in [0.2, 0.25) is 0 Å². The summed E-state index contributed by atoms with van der Waals surface area (Å²) in [4.78, 5) is 97.5. The van der Waals surface area contributed by atoms with E-state index in [1.165, 1.54) is 25.0 Å². The first kappa shape index (κ1) is 45.7. The van der Waals surface area contributed by atoms with Crippen molar-refractivity contribution in [3.8, 4) is 0 Å². The van der Waals surface area contributed by atoms with Gasteiger partial charge in [-0.15, -0.1) is 0 Å². The van der Waals surface area contributed by atoms with E-state index in [1.54, 1.807) is 11.1 Å². The van der Waals surface area contributed by atoms with Crippen LogP contribution in [0.1, 0.15) is 58.2 Å². The van der Waals surface area contributed by atoms with E-state index in [9.17, 15) is 33.6 Å². The SMILES string of the molecule is CC(=O)N1CC(ON=CCCc2ccccc2)CC1CNC(CC(C)C)C(=O)NC(Cc1cnc[nH]1)C(=O)NC(CO)C(=O)NC(C(N)=O)C(C)OP(=O)(O)O. The number of carbonyl (C=O) groups excluding carboxylic acids is 5. The summed E-state index contributed by atoms with van der Waals surface area (Å²) in [5.74, 6) is -3.89. The van der Waals surface area contributed by atoms with Crippen LogP contribution in [-0.4, -0.2) is 128 Å². The molecule has 0 spiro atoms. The fourth-order valence-corrected chi connectivity index (χ4v) is 6.69. The summed E-state index contributed by atoms with van der Waals surface area (Å²) in [6.45, 7) is 5.97. The molecule has 7 unspecified atom stereocenters. The van der Waals surface area contributed by atoms with Gasteiger partial charge >= 0.3 is 7.82 Å². The van der Waals surface area contributed by atoms with Crippen LogP contribution in [0.15, 0.2) is 48.0 Å². The van der Waals surface area contributed by atoms with Gasteiger partial charge < -0.3 is 56.6 Å². The molecule has 1 aliphatic heterocycles. The second-order valence-corrected chi connectivity index (χ2v) is 15.2. The summed E-state index contributed by atoms with van der Waals surface area (Å²) in [6, 6.07) is 4.11. The van der Waals surface area contributed by atoms with Crippen molar-refractivity contribution >= 4 is 43.6 Å². The predicted molar refractivity (Wildman–Crippen MR) is 202 cm³/mol. The number of oxime groups is 1. The lowest BCUT2D eigenvalue weighted by Crippen LogP contribution is -2.60. The Hall–Kier alpha value is -4.72. The van der Waals surface area contributed by atoms with Crippen molar-refractivity contribution in [3.63, 3.8) is 0 Å². The number of nitrogens with two attached hydrogens (primary N) is 1. The molecule has 5 amide bonds. The smallest absolute Gasteiger partial charge is 0.394 e.